The van der Waals surface area contributed by atoms with E-state index in [9.17, 15) is 9.18 Å². The molecule has 1 aromatic carbocycles. The summed E-state index contributed by atoms with van der Waals surface area (Å²) in [4.78, 5) is 22.9. The van der Waals surface area contributed by atoms with Gasteiger partial charge in [0, 0.05) is 12.8 Å². The van der Waals surface area contributed by atoms with Crippen LogP contribution in [0.3, 0.4) is 0 Å². The number of thiophene rings is 1. The molecule has 0 aliphatic rings. The predicted octanol–water partition coefficient (Wildman–Crippen LogP) is 2.83. The first kappa shape index (κ1) is 20.8. The number of hydrogen-bond donors (Lipinski definition) is 1. The fourth-order valence-corrected chi connectivity index (χ4v) is 4.18. The lowest BCUT2D eigenvalue weighted by Gasteiger charge is -2.09. The van der Waals surface area contributed by atoms with Gasteiger partial charge in [0.1, 0.15) is 22.9 Å². The highest BCUT2D eigenvalue weighted by atomic mass is 32.1. The van der Waals surface area contributed by atoms with Crippen molar-refractivity contribution in [3.8, 4) is 11.6 Å². The Kier molecular flexibility index (Phi) is 5.57. The van der Waals surface area contributed by atoms with Crippen LogP contribution in [0.25, 0.3) is 15.9 Å². The number of benzene rings is 1. The average molecular weight is 443 g/mol. The van der Waals surface area contributed by atoms with Crippen LogP contribution in [0.1, 0.15) is 26.9 Å². The Hall–Kier alpha value is -3.51. The van der Waals surface area contributed by atoms with Gasteiger partial charge in [-0.25, -0.2) is 9.37 Å². The molecular weight excluding hydrogens is 425 g/mol. The number of tetrazole rings is 1. The molecule has 1 amide bonds. The van der Waals surface area contributed by atoms with E-state index in [0.717, 1.165) is 0 Å². The second kappa shape index (κ2) is 8.32. The maximum atomic E-state index is 14.3. The molecule has 31 heavy (non-hydrogen) atoms. The lowest BCUT2D eigenvalue weighted by Crippen LogP contribution is -2.12. The van der Waals surface area contributed by atoms with E-state index in [2.05, 4.69) is 30.8 Å². The van der Waals surface area contributed by atoms with Crippen molar-refractivity contribution in [1.29, 1.82) is 0 Å². The highest BCUT2D eigenvalue weighted by Crippen LogP contribution is 2.35. The third-order valence-corrected chi connectivity index (χ3v) is 5.72. The topological polar surface area (TPSA) is 117 Å². The van der Waals surface area contributed by atoms with Crippen LogP contribution >= 0.6 is 11.3 Å². The number of rotatable bonds is 6. The molecule has 0 saturated carbocycles. The Morgan fingerprint density at radius 2 is 2.06 bits per heavy atom. The maximum Gasteiger partial charge on any atom is 0.266 e. The van der Waals surface area contributed by atoms with Crippen molar-refractivity contribution in [2.75, 3.05) is 19.5 Å². The van der Waals surface area contributed by atoms with E-state index >= 15 is 0 Å². The standard InChI is InChI=1S/C19H18FN7O3S/c1-9-15-18(30-4)22-14(8-29-3)23-19(15)31-16(9)17(28)21-11-5-6-12(20)13(7-11)27-10(2)24-25-26-27/h5-7H,8H2,1-4H3,(H,21,28). The third-order valence-electron chi connectivity index (χ3n) is 4.53. The largest absolute Gasteiger partial charge is 0.480 e. The van der Waals surface area contributed by atoms with Gasteiger partial charge in [-0.3, -0.25) is 4.79 Å². The van der Waals surface area contributed by atoms with Crippen LogP contribution in [0.5, 0.6) is 5.88 Å². The van der Waals surface area contributed by atoms with Gasteiger partial charge in [0.25, 0.3) is 5.91 Å². The molecule has 0 radical (unpaired) electrons. The lowest BCUT2D eigenvalue weighted by molar-refractivity contribution is 0.103. The van der Waals surface area contributed by atoms with Crippen LogP contribution in [0.2, 0.25) is 0 Å². The van der Waals surface area contributed by atoms with Gasteiger partial charge in [0.05, 0.1) is 17.4 Å². The molecule has 3 heterocycles. The zero-order chi connectivity index (χ0) is 22.1. The number of aryl methyl sites for hydroxylation is 2. The molecule has 0 bridgehead atoms. The van der Waals surface area contributed by atoms with Gasteiger partial charge < -0.3 is 14.8 Å². The van der Waals surface area contributed by atoms with Crippen LogP contribution in [0.4, 0.5) is 10.1 Å². The summed E-state index contributed by atoms with van der Waals surface area (Å²) in [6.45, 7) is 3.67. The molecule has 1 N–H and O–H groups in total. The molecule has 0 atom stereocenters. The van der Waals surface area contributed by atoms with Crippen molar-refractivity contribution in [2.45, 2.75) is 20.5 Å². The molecule has 0 unspecified atom stereocenters. The normalized spacial score (nSPS) is 11.1. The maximum absolute atomic E-state index is 14.3. The van der Waals surface area contributed by atoms with E-state index in [1.54, 1.807) is 21.0 Å². The van der Waals surface area contributed by atoms with Crippen molar-refractivity contribution in [2.24, 2.45) is 0 Å². The molecule has 0 saturated heterocycles. The molecule has 0 aliphatic carbocycles. The number of carbonyl (C=O) groups is 1. The van der Waals surface area contributed by atoms with E-state index in [1.165, 1.54) is 41.3 Å². The van der Waals surface area contributed by atoms with Gasteiger partial charge in [0.15, 0.2) is 11.6 Å². The molecule has 12 heteroatoms. The van der Waals surface area contributed by atoms with Gasteiger partial charge in [-0.1, -0.05) is 0 Å². The molecule has 3 aromatic heterocycles. The zero-order valence-electron chi connectivity index (χ0n) is 17.1. The molecule has 0 spiro atoms. The molecule has 10 nitrogen and oxygen atoms in total. The summed E-state index contributed by atoms with van der Waals surface area (Å²) >= 11 is 1.22. The van der Waals surface area contributed by atoms with E-state index in [1.807, 2.05) is 0 Å². The van der Waals surface area contributed by atoms with E-state index < -0.39 is 5.82 Å². The third kappa shape index (κ3) is 3.82. The second-order valence-electron chi connectivity index (χ2n) is 6.58. The van der Waals surface area contributed by atoms with Crippen LogP contribution < -0.4 is 10.1 Å². The van der Waals surface area contributed by atoms with Crippen molar-refractivity contribution in [1.82, 2.24) is 30.2 Å². The minimum absolute atomic E-state index is 0.130. The van der Waals surface area contributed by atoms with Gasteiger partial charge >= 0.3 is 0 Å². The summed E-state index contributed by atoms with van der Waals surface area (Å²) in [7, 11) is 3.06. The van der Waals surface area contributed by atoms with Crippen molar-refractivity contribution < 1.29 is 18.7 Å². The van der Waals surface area contributed by atoms with E-state index in [0.29, 0.717) is 43.9 Å². The minimum Gasteiger partial charge on any atom is -0.480 e. The number of hydrogen-bond acceptors (Lipinski definition) is 9. The summed E-state index contributed by atoms with van der Waals surface area (Å²) in [5, 5.41) is 14.5. The van der Waals surface area contributed by atoms with Gasteiger partial charge in [-0.15, -0.1) is 16.4 Å². The average Bonchev–Trinajstić information content (AvgIpc) is 3.32. The SMILES string of the molecule is COCc1nc(OC)c2c(C)c(C(=O)Nc3ccc(F)c(-n4nnnc4C)c3)sc2n1. The van der Waals surface area contributed by atoms with Gasteiger partial charge in [0.2, 0.25) is 5.88 Å². The number of carbonyl (C=O) groups excluding carboxylic acids is 1. The quantitative estimate of drug-likeness (QED) is 0.483. The van der Waals surface area contributed by atoms with Crippen LogP contribution in [0.15, 0.2) is 18.2 Å². The molecule has 4 rings (SSSR count). The summed E-state index contributed by atoms with van der Waals surface area (Å²) in [5.74, 6) is 0.377. The van der Waals surface area contributed by atoms with Gasteiger partial charge in [-0.2, -0.15) is 9.67 Å². The number of aromatic nitrogens is 6. The fraction of sp³-hybridized carbons (Fsp3) is 0.263. The van der Waals surface area contributed by atoms with Crippen LogP contribution in [-0.4, -0.2) is 50.3 Å². The summed E-state index contributed by atoms with van der Waals surface area (Å²) < 4.78 is 26.0. The summed E-state index contributed by atoms with van der Waals surface area (Å²) in [6.07, 6.45) is 0. The highest BCUT2D eigenvalue weighted by Gasteiger charge is 2.22. The Balaban J connectivity index is 1.69. The first-order valence-electron chi connectivity index (χ1n) is 9.12. The number of nitrogens with zero attached hydrogens (tertiary/aromatic N) is 6. The monoisotopic (exact) mass is 443 g/mol. The number of nitrogens with one attached hydrogen (secondary N) is 1. The van der Waals surface area contributed by atoms with Gasteiger partial charge in [-0.05, 0) is 48.0 Å². The lowest BCUT2D eigenvalue weighted by atomic mass is 10.2. The smallest absolute Gasteiger partial charge is 0.266 e. The Labute approximate surface area is 180 Å². The van der Waals surface area contributed by atoms with Crippen molar-refractivity contribution in [3.63, 3.8) is 0 Å². The number of halogens is 1. The molecule has 4 aromatic rings. The highest BCUT2D eigenvalue weighted by molar-refractivity contribution is 7.20. The number of fused-ring (bicyclic) bond motifs is 1. The number of methoxy groups -OCH3 is 2. The Morgan fingerprint density at radius 1 is 1.26 bits per heavy atom. The fourth-order valence-electron chi connectivity index (χ4n) is 3.10. The Morgan fingerprint density at radius 3 is 2.74 bits per heavy atom. The van der Waals surface area contributed by atoms with Crippen LogP contribution in [0, 0.1) is 19.7 Å². The molecule has 0 fully saturated rings. The van der Waals surface area contributed by atoms with E-state index in [4.69, 9.17) is 9.47 Å². The second-order valence-corrected chi connectivity index (χ2v) is 7.58. The van der Waals surface area contributed by atoms with Crippen LogP contribution in [-0.2, 0) is 11.3 Å². The summed E-state index contributed by atoms with van der Waals surface area (Å²) in [5.41, 5.74) is 1.22. The molecule has 160 valence electrons. The number of amides is 1. The molecular formula is C19H18FN7O3S. The first-order chi connectivity index (χ1) is 14.9. The minimum atomic E-state index is -0.517. The van der Waals surface area contributed by atoms with Crippen molar-refractivity contribution in [3.05, 3.63) is 46.1 Å². The zero-order valence-corrected chi connectivity index (χ0v) is 17.9. The Bertz CT molecular complexity index is 1290. The predicted molar refractivity (Wildman–Crippen MR) is 111 cm³/mol. The first-order valence-corrected chi connectivity index (χ1v) is 9.93. The number of ether oxygens (including phenoxy) is 2. The molecule has 0 aliphatic heterocycles. The van der Waals surface area contributed by atoms with Crippen molar-refractivity contribution >= 4 is 33.1 Å². The summed E-state index contributed by atoms with van der Waals surface area (Å²) in [6, 6.07) is 4.18. The van der Waals surface area contributed by atoms with E-state index in [-0.39, 0.29) is 18.2 Å². The number of anilines is 1.